The van der Waals surface area contributed by atoms with Crippen molar-refractivity contribution in [3.05, 3.63) is 34.6 Å². The fourth-order valence-electron chi connectivity index (χ4n) is 6.62. The average molecular weight is 460 g/mol. The van der Waals surface area contributed by atoms with E-state index in [1.165, 1.54) is 51.4 Å². The SMILES string of the molecule is O=c1c(P(=O)(O)O)nc2ccccc2n1[C@@H]1C[C@H]2CCC[C@@H](C1)N2C1CCCCCCC1. The maximum Gasteiger partial charge on any atom is 0.380 e. The summed E-state index contributed by atoms with van der Waals surface area (Å²) in [5, 5.41) is 0. The minimum atomic E-state index is -4.76. The summed E-state index contributed by atoms with van der Waals surface area (Å²) in [6, 6.07) is 8.70. The minimum absolute atomic E-state index is 0.0548. The molecule has 2 aliphatic heterocycles. The van der Waals surface area contributed by atoms with E-state index in [1.807, 2.05) is 12.1 Å². The van der Waals surface area contributed by atoms with Crippen LogP contribution in [0.2, 0.25) is 0 Å². The van der Waals surface area contributed by atoms with Gasteiger partial charge in [0.05, 0.1) is 11.0 Å². The fourth-order valence-corrected chi connectivity index (χ4v) is 7.22. The minimum Gasteiger partial charge on any atom is -0.320 e. The Kier molecular flexibility index (Phi) is 6.28. The number of aromatic nitrogens is 2. The molecule has 1 aliphatic carbocycles. The Morgan fingerprint density at radius 1 is 0.812 bits per heavy atom. The molecule has 2 N–H and O–H groups in total. The monoisotopic (exact) mass is 459 g/mol. The molecule has 5 rings (SSSR count). The van der Waals surface area contributed by atoms with Crippen LogP contribution in [0.15, 0.2) is 29.1 Å². The van der Waals surface area contributed by atoms with Crippen molar-refractivity contribution in [1.82, 2.24) is 14.5 Å². The van der Waals surface area contributed by atoms with Gasteiger partial charge in [-0.15, -0.1) is 0 Å². The van der Waals surface area contributed by atoms with Gasteiger partial charge in [-0.05, 0) is 50.7 Å². The predicted octanol–water partition coefficient (Wildman–Crippen LogP) is 3.87. The molecule has 8 heteroatoms. The highest BCUT2D eigenvalue weighted by molar-refractivity contribution is 7.59. The number of piperidine rings is 2. The highest BCUT2D eigenvalue weighted by Gasteiger charge is 2.43. The van der Waals surface area contributed by atoms with E-state index in [9.17, 15) is 19.1 Å². The van der Waals surface area contributed by atoms with Crippen LogP contribution in [0.25, 0.3) is 11.0 Å². The zero-order valence-corrected chi connectivity index (χ0v) is 19.5. The maximum atomic E-state index is 13.3. The van der Waals surface area contributed by atoms with Crippen LogP contribution in [-0.2, 0) is 4.57 Å². The third kappa shape index (κ3) is 4.21. The van der Waals surface area contributed by atoms with Gasteiger partial charge < -0.3 is 14.4 Å². The number of fused-ring (bicyclic) bond motifs is 3. The molecule has 1 saturated carbocycles. The Labute approximate surface area is 189 Å². The van der Waals surface area contributed by atoms with Crippen LogP contribution < -0.4 is 11.0 Å². The first-order chi connectivity index (χ1) is 15.4. The molecule has 0 unspecified atom stereocenters. The van der Waals surface area contributed by atoms with E-state index >= 15 is 0 Å². The second kappa shape index (κ2) is 9.02. The van der Waals surface area contributed by atoms with E-state index in [2.05, 4.69) is 9.88 Å². The summed E-state index contributed by atoms with van der Waals surface area (Å²) in [4.78, 5) is 39.8. The highest BCUT2D eigenvalue weighted by atomic mass is 31.2. The van der Waals surface area contributed by atoms with Crippen LogP contribution in [0, 0.1) is 0 Å². The Bertz CT molecular complexity index is 1060. The topological polar surface area (TPSA) is 95.7 Å². The lowest BCUT2D eigenvalue weighted by molar-refractivity contribution is -0.0246. The van der Waals surface area contributed by atoms with Gasteiger partial charge in [0.25, 0.3) is 5.56 Å². The van der Waals surface area contributed by atoms with Crippen molar-refractivity contribution in [2.45, 2.75) is 101 Å². The molecule has 2 bridgehead atoms. The van der Waals surface area contributed by atoms with Crippen LogP contribution >= 0.6 is 7.60 Å². The first kappa shape index (κ1) is 22.3. The average Bonchev–Trinajstić information content (AvgIpc) is 2.72. The molecule has 3 atom stereocenters. The van der Waals surface area contributed by atoms with Crippen molar-refractivity contribution in [2.24, 2.45) is 0 Å². The van der Waals surface area contributed by atoms with E-state index < -0.39 is 18.6 Å². The Morgan fingerprint density at radius 3 is 2.06 bits per heavy atom. The Hall–Kier alpha value is -1.53. The lowest BCUT2D eigenvalue weighted by atomic mass is 9.79. The van der Waals surface area contributed by atoms with Gasteiger partial charge in [-0.2, -0.15) is 0 Å². The standard InChI is InChI=1S/C24H34N3O4P/c28-24-23(32(29,30)31)25-21-13-6-7-14-22(21)27(24)20-15-18-11-8-12-19(16-20)26(18)17-9-4-2-1-3-5-10-17/h6-7,13-14,17-20H,1-5,8-12,15-16H2,(H2,29,30,31)/t18-,19+,20-. The van der Waals surface area contributed by atoms with Gasteiger partial charge in [0.1, 0.15) is 0 Å². The second-order valence-electron chi connectivity index (χ2n) is 9.95. The van der Waals surface area contributed by atoms with Gasteiger partial charge in [0.15, 0.2) is 0 Å². The van der Waals surface area contributed by atoms with Crippen LogP contribution in [0.4, 0.5) is 0 Å². The van der Waals surface area contributed by atoms with Crippen molar-refractivity contribution in [2.75, 3.05) is 0 Å². The largest absolute Gasteiger partial charge is 0.380 e. The van der Waals surface area contributed by atoms with Crippen molar-refractivity contribution in [3.63, 3.8) is 0 Å². The van der Waals surface area contributed by atoms with E-state index in [1.54, 1.807) is 16.7 Å². The molecule has 1 aromatic carbocycles. The van der Waals surface area contributed by atoms with Crippen LogP contribution in [0.1, 0.15) is 83.1 Å². The lowest BCUT2D eigenvalue weighted by Gasteiger charge is -2.53. The van der Waals surface area contributed by atoms with Crippen LogP contribution in [0.3, 0.4) is 0 Å². The number of rotatable bonds is 3. The molecule has 32 heavy (non-hydrogen) atoms. The zero-order valence-electron chi connectivity index (χ0n) is 18.6. The maximum absolute atomic E-state index is 13.3. The Morgan fingerprint density at radius 2 is 1.41 bits per heavy atom. The summed E-state index contributed by atoms with van der Waals surface area (Å²) in [5.74, 6) is 0. The number of benzene rings is 1. The molecule has 0 radical (unpaired) electrons. The second-order valence-corrected chi connectivity index (χ2v) is 11.5. The fraction of sp³-hybridized carbons (Fsp3) is 0.667. The van der Waals surface area contributed by atoms with Gasteiger partial charge in [-0.3, -0.25) is 14.3 Å². The molecule has 2 saturated heterocycles. The van der Waals surface area contributed by atoms with Gasteiger partial charge in [-0.25, -0.2) is 4.98 Å². The summed E-state index contributed by atoms with van der Waals surface area (Å²) in [6.07, 6.45) is 14.5. The quantitative estimate of drug-likeness (QED) is 0.677. The number of para-hydroxylation sites is 2. The molecular formula is C24H34N3O4P. The molecule has 3 fully saturated rings. The number of hydrogen-bond donors (Lipinski definition) is 2. The molecule has 3 aliphatic rings. The molecule has 0 spiro atoms. The number of nitrogens with zero attached hydrogens (tertiary/aromatic N) is 3. The third-order valence-electron chi connectivity index (χ3n) is 7.92. The molecule has 3 heterocycles. The summed E-state index contributed by atoms with van der Waals surface area (Å²) in [6.45, 7) is 0. The molecule has 1 aromatic heterocycles. The molecule has 174 valence electrons. The Balaban J connectivity index is 1.52. The zero-order chi connectivity index (χ0) is 22.3. The lowest BCUT2D eigenvalue weighted by Crippen LogP contribution is -2.57. The summed E-state index contributed by atoms with van der Waals surface area (Å²) < 4.78 is 13.7. The molecule has 0 amide bonds. The molecule has 7 nitrogen and oxygen atoms in total. The van der Waals surface area contributed by atoms with E-state index in [4.69, 9.17) is 0 Å². The molecule has 2 aromatic rings. The van der Waals surface area contributed by atoms with Gasteiger partial charge in [0.2, 0.25) is 5.44 Å². The molecular weight excluding hydrogens is 425 g/mol. The normalized spacial score (nSPS) is 28.4. The highest BCUT2D eigenvalue weighted by Crippen LogP contribution is 2.43. The summed E-state index contributed by atoms with van der Waals surface area (Å²) in [5.41, 5.74) is -0.0986. The van der Waals surface area contributed by atoms with Crippen LogP contribution in [0.5, 0.6) is 0 Å². The van der Waals surface area contributed by atoms with Gasteiger partial charge >= 0.3 is 7.60 Å². The van der Waals surface area contributed by atoms with Crippen molar-refractivity contribution < 1.29 is 14.4 Å². The van der Waals surface area contributed by atoms with E-state index in [-0.39, 0.29) is 6.04 Å². The van der Waals surface area contributed by atoms with Crippen molar-refractivity contribution in [1.29, 1.82) is 0 Å². The van der Waals surface area contributed by atoms with Crippen molar-refractivity contribution >= 4 is 24.1 Å². The smallest absolute Gasteiger partial charge is 0.320 e. The van der Waals surface area contributed by atoms with Crippen LogP contribution in [-0.4, -0.2) is 42.4 Å². The first-order valence-electron chi connectivity index (χ1n) is 12.3. The number of hydrogen-bond acceptors (Lipinski definition) is 4. The van der Waals surface area contributed by atoms with Gasteiger partial charge in [-0.1, -0.05) is 50.7 Å². The predicted molar refractivity (Wildman–Crippen MR) is 125 cm³/mol. The van der Waals surface area contributed by atoms with Crippen molar-refractivity contribution in [3.8, 4) is 0 Å². The summed E-state index contributed by atoms with van der Waals surface area (Å²) in [7, 11) is -4.76. The van der Waals surface area contributed by atoms with E-state index in [0.717, 1.165) is 25.7 Å². The summed E-state index contributed by atoms with van der Waals surface area (Å²) >= 11 is 0. The third-order valence-corrected chi connectivity index (χ3v) is 8.76. The van der Waals surface area contributed by atoms with Gasteiger partial charge in [0, 0.05) is 24.2 Å². The van der Waals surface area contributed by atoms with E-state index in [0.29, 0.717) is 29.2 Å². The first-order valence-corrected chi connectivity index (χ1v) is 13.9.